The Morgan fingerprint density at radius 2 is 1.72 bits per heavy atom. The summed E-state index contributed by atoms with van der Waals surface area (Å²) in [7, 11) is -3.60. The molecular weight excluding hydrogens is 332 g/mol. The molecule has 0 heterocycles. The molecule has 0 spiro atoms. The highest BCUT2D eigenvalue weighted by molar-refractivity contribution is 7.89. The number of allylic oxidation sites excluding steroid dienone is 2. The summed E-state index contributed by atoms with van der Waals surface area (Å²) in [6, 6.07) is 6.89. The third kappa shape index (κ3) is 2.92. The number of nitrogens with one attached hydrogen (secondary N) is 1. The summed E-state index contributed by atoms with van der Waals surface area (Å²) in [6.07, 6.45) is 4.77. The Labute approximate surface area is 150 Å². The molecule has 4 fully saturated rings. The van der Waals surface area contributed by atoms with Gasteiger partial charge in [-0.15, -0.1) is 0 Å². The van der Waals surface area contributed by atoms with Crippen molar-refractivity contribution in [2.75, 3.05) is 0 Å². The second-order valence-electron chi connectivity index (χ2n) is 8.16. The maximum atomic E-state index is 12.6. The number of sulfonamides is 1. The van der Waals surface area contributed by atoms with Crippen LogP contribution in [0.1, 0.15) is 45.1 Å². The van der Waals surface area contributed by atoms with E-state index in [0.717, 1.165) is 30.0 Å². The molecular formula is C20H26N2O2S. The van der Waals surface area contributed by atoms with E-state index in [1.807, 2.05) is 19.1 Å². The molecule has 1 aromatic rings. The molecule has 0 saturated heterocycles. The molecule has 0 unspecified atom stereocenters. The first-order valence-corrected chi connectivity index (χ1v) is 10.7. The standard InChI is InChI=1S/C20H26N2O2S/c1-12(2)19-15-8-14-9-16(11-15)20(18(19)10-14)21-22-25(23,24)17-6-4-13(3)5-7-17/h4-7,14-16,18,22H,8-11H2,1-3H3/b21-20-/t14-,15+,16-,18+/m0/s1. The first-order valence-electron chi connectivity index (χ1n) is 9.18. The van der Waals surface area contributed by atoms with Gasteiger partial charge in [-0.3, -0.25) is 0 Å². The molecule has 4 bridgehead atoms. The Morgan fingerprint density at radius 3 is 2.40 bits per heavy atom. The molecule has 4 atom stereocenters. The minimum Gasteiger partial charge on any atom is -0.200 e. The van der Waals surface area contributed by atoms with E-state index in [4.69, 9.17) is 0 Å². The van der Waals surface area contributed by atoms with Crippen LogP contribution in [0.2, 0.25) is 0 Å². The van der Waals surface area contributed by atoms with Crippen LogP contribution in [-0.2, 0) is 10.0 Å². The molecule has 0 amide bonds. The molecule has 4 aliphatic rings. The molecule has 0 aromatic heterocycles. The zero-order valence-corrected chi connectivity index (χ0v) is 15.9. The second kappa shape index (κ2) is 5.97. The van der Waals surface area contributed by atoms with Gasteiger partial charge >= 0.3 is 0 Å². The average Bonchev–Trinajstić information content (AvgIpc) is 2.53. The van der Waals surface area contributed by atoms with E-state index in [-0.39, 0.29) is 4.90 Å². The fourth-order valence-electron chi connectivity index (χ4n) is 5.24. The second-order valence-corrected chi connectivity index (χ2v) is 9.82. The zero-order valence-electron chi connectivity index (χ0n) is 15.1. The summed E-state index contributed by atoms with van der Waals surface area (Å²) >= 11 is 0. The van der Waals surface area contributed by atoms with Crippen molar-refractivity contribution >= 4 is 15.7 Å². The molecule has 4 aliphatic carbocycles. The van der Waals surface area contributed by atoms with E-state index in [0.29, 0.717) is 17.8 Å². The van der Waals surface area contributed by atoms with E-state index in [1.165, 1.54) is 24.0 Å². The van der Waals surface area contributed by atoms with Crippen LogP contribution >= 0.6 is 0 Å². The minimum atomic E-state index is -3.60. The third-order valence-corrected chi connectivity index (χ3v) is 7.39. The SMILES string of the molecule is CC(C)=C1[C@@H]2C[C@H]3C[C@@H](C2)/C(=N/NS(=O)(=O)c2ccc(C)cc2)[C@@H]1C3. The summed E-state index contributed by atoms with van der Waals surface area (Å²) in [5, 5.41) is 4.47. The summed E-state index contributed by atoms with van der Waals surface area (Å²) in [4.78, 5) is 2.79. The van der Waals surface area contributed by atoms with Crippen molar-refractivity contribution in [1.29, 1.82) is 0 Å². The van der Waals surface area contributed by atoms with Gasteiger partial charge in [0, 0.05) is 17.5 Å². The summed E-state index contributed by atoms with van der Waals surface area (Å²) in [5.41, 5.74) is 5.03. The summed E-state index contributed by atoms with van der Waals surface area (Å²) in [5.74, 6) is 2.29. The van der Waals surface area contributed by atoms with Gasteiger partial charge in [0.1, 0.15) is 0 Å². The minimum absolute atomic E-state index is 0.272. The number of benzene rings is 1. The van der Waals surface area contributed by atoms with Gasteiger partial charge in [-0.25, -0.2) is 4.83 Å². The van der Waals surface area contributed by atoms with Crippen LogP contribution in [0.25, 0.3) is 0 Å². The predicted octanol–water partition coefficient (Wildman–Crippen LogP) is 4.03. The molecule has 5 rings (SSSR count). The number of rotatable bonds is 3. The smallest absolute Gasteiger partial charge is 0.200 e. The Balaban J connectivity index is 1.63. The lowest BCUT2D eigenvalue weighted by Crippen LogP contribution is -2.48. The summed E-state index contributed by atoms with van der Waals surface area (Å²) in [6.45, 7) is 6.32. The largest absolute Gasteiger partial charge is 0.276 e. The van der Waals surface area contributed by atoms with Gasteiger partial charge < -0.3 is 0 Å². The highest BCUT2D eigenvalue weighted by Crippen LogP contribution is 2.55. The molecule has 134 valence electrons. The number of hydrazone groups is 1. The lowest BCUT2D eigenvalue weighted by Gasteiger charge is -2.52. The highest BCUT2D eigenvalue weighted by Gasteiger charge is 2.49. The van der Waals surface area contributed by atoms with E-state index in [9.17, 15) is 8.42 Å². The number of hydrogen-bond donors (Lipinski definition) is 1. The first kappa shape index (κ1) is 16.8. The number of aryl methyl sites for hydroxylation is 1. The zero-order chi connectivity index (χ0) is 17.8. The van der Waals surface area contributed by atoms with Crippen LogP contribution in [0.15, 0.2) is 45.4 Å². The fraction of sp³-hybridized carbons (Fsp3) is 0.550. The quantitative estimate of drug-likeness (QED) is 0.655. The van der Waals surface area contributed by atoms with E-state index >= 15 is 0 Å². The Morgan fingerprint density at radius 1 is 1.04 bits per heavy atom. The topological polar surface area (TPSA) is 58.5 Å². The normalized spacial score (nSPS) is 32.3. The molecule has 1 aromatic carbocycles. The lowest BCUT2D eigenvalue weighted by atomic mass is 9.52. The molecule has 4 nitrogen and oxygen atoms in total. The Bertz CT molecular complexity index is 848. The van der Waals surface area contributed by atoms with Crippen LogP contribution < -0.4 is 4.83 Å². The fourth-order valence-corrected chi connectivity index (χ4v) is 6.07. The monoisotopic (exact) mass is 358 g/mol. The van der Waals surface area contributed by atoms with E-state index in [2.05, 4.69) is 23.8 Å². The lowest BCUT2D eigenvalue weighted by molar-refractivity contribution is 0.159. The van der Waals surface area contributed by atoms with Gasteiger partial charge in [0.15, 0.2) is 0 Å². The molecule has 4 saturated carbocycles. The van der Waals surface area contributed by atoms with E-state index < -0.39 is 10.0 Å². The van der Waals surface area contributed by atoms with Crippen molar-refractivity contribution in [3.8, 4) is 0 Å². The van der Waals surface area contributed by atoms with Crippen molar-refractivity contribution in [2.24, 2.45) is 28.8 Å². The van der Waals surface area contributed by atoms with Gasteiger partial charge in [0.05, 0.1) is 4.90 Å². The van der Waals surface area contributed by atoms with Gasteiger partial charge in [0.25, 0.3) is 10.0 Å². The molecule has 0 aliphatic heterocycles. The van der Waals surface area contributed by atoms with Crippen LogP contribution in [0.5, 0.6) is 0 Å². The maximum Gasteiger partial charge on any atom is 0.276 e. The molecule has 5 heteroatoms. The third-order valence-electron chi connectivity index (χ3n) is 6.17. The van der Waals surface area contributed by atoms with Crippen LogP contribution in [0, 0.1) is 30.6 Å². The van der Waals surface area contributed by atoms with Crippen LogP contribution in [0.3, 0.4) is 0 Å². The number of hydrogen-bond acceptors (Lipinski definition) is 3. The van der Waals surface area contributed by atoms with Crippen molar-refractivity contribution in [3.05, 3.63) is 41.0 Å². The van der Waals surface area contributed by atoms with Crippen molar-refractivity contribution in [2.45, 2.75) is 51.3 Å². The Kier molecular flexibility index (Phi) is 4.02. The highest BCUT2D eigenvalue weighted by atomic mass is 32.2. The number of nitrogens with zero attached hydrogens (tertiary/aromatic N) is 1. The van der Waals surface area contributed by atoms with Gasteiger partial charge in [0.2, 0.25) is 0 Å². The van der Waals surface area contributed by atoms with Gasteiger partial charge in [-0.1, -0.05) is 28.8 Å². The maximum absolute atomic E-state index is 12.6. The molecule has 0 radical (unpaired) electrons. The van der Waals surface area contributed by atoms with Gasteiger partial charge in [-0.05, 0) is 70.4 Å². The summed E-state index contributed by atoms with van der Waals surface area (Å²) < 4.78 is 25.1. The predicted molar refractivity (Wildman–Crippen MR) is 99.7 cm³/mol. The van der Waals surface area contributed by atoms with Crippen molar-refractivity contribution < 1.29 is 8.42 Å². The Hall–Kier alpha value is -1.62. The average molecular weight is 359 g/mol. The molecule has 25 heavy (non-hydrogen) atoms. The van der Waals surface area contributed by atoms with Crippen molar-refractivity contribution in [1.82, 2.24) is 4.83 Å². The van der Waals surface area contributed by atoms with Crippen LogP contribution in [-0.4, -0.2) is 14.1 Å². The first-order chi connectivity index (χ1) is 11.8. The van der Waals surface area contributed by atoms with Gasteiger partial charge in [-0.2, -0.15) is 13.5 Å². The van der Waals surface area contributed by atoms with Crippen LogP contribution in [0.4, 0.5) is 0 Å². The van der Waals surface area contributed by atoms with E-state index in [1.54, 1.807) is 12.1 Å². The van der Waals surface area contributed by atoms with Crippen molar-refractivity contribution in [3.63, 3.8) is 0 Å². The molecule has 1 N–H and O–H groups in total.